The predicted molar refractivity (Wildman–Crippen MR) is 508 cm³/mol. The third-order valence-electron chi connectivity index (χ3n) is 22.7. The number of carboxylic acid groups (broad SMARTS) is 4. The van der Waals surface area contributed by atoms with Crippen LogP contribution in [-0.4, -0.2) is 355 Å². The zero-order chi connectivity index (χ0) is 107. The largest absolute Gasteiger partial charge is 0.480 e. The predicted octanol–water partition coefficient (Wildman–Crippen LogP) is 4.26. The lowest BCUT2D eigenvalue weighted by Gasteiger charge is -2.36. The highest BCUT2D eigenvalue weighted by molar-refractivity contribution is 7.99. The van der Waals surface area contributed by atoms with E-state index >= 15 is 0 Å². The Morgan fingerprint density at radius 3 is 0.986 bits per heavy atom. The van der Waals surface area contributed by atoms with Crippen molar-refractivity contribution in [3.8, 4) is 0 Å². The molecular formula is C93H123N15O36S. The molecule has 9 rings (SSSR count). The molecule has 0 aliphatic carbocycles. The third kappa shape index (κ3) is 40.8. The number of urea groups is 3. The van der Waals surface area contributed by atoms with E-state index in [9.17, 15) is 133 Å². The van der Waals surface area contributed by atoms with E-state index in [4.69, 9.17) is 23.7 Å². The summed E-state index contributed by atoms with van der Waals surface area (Å²) in [5.74, 6) is -9.43. The molecule has 4 heterocycles. The summed E-state index contributed by atoms with van der Waals surface area (Å²) in [7, 11) is 4.22. The van der Waals surface area contributed by atoms with Crippen molar-refractivity contribution in [2.75, 3.05) is 118 Å². The zero-order valence-corrected chi connectivity index (χ0v) is 81.8. The monoisotopic (exact) mass is 2060 g/mol. The number of carboxylic acids is 4. The highest BCUT2D eigenvalue weighted by Crippen LogP contribution is 2.27. The standard InChI is InChI=1S/C26H31N3O8.C23H32N4O9.C22H30N4O10.C22H30N4O9S/c1-18(24(30)28-17-21-11-6-5-10-20(21)16-23(28)25(31)32)27-22(13-12-19-8-3-2-4-9-19)26(33)36-14-7-15-37-29(34)35;1-16(20(28)26-19(21(29)30)15-25(2)23(26)32)24-18(12-11-17-9-5-3-6-10-17)22(31)35-13-7-4-8-14-36-27(33)34;1-15(19(27)25-18(20(28)29)14-24(2)22(25)31)23-17(9-8-16-6-4-3-5-7-16)21(30)35-12-10-34-11-13-36-26(32)33;1-15(19(27)25-18(20(28)29)14-24(2)22(25)31)23-17(9-8-16-6-4-3-5-7-16)21(30)34-10-12-36-13-11-35-26(32)33/h2-6,8-11,18,22-23,27H,7,12-17H2,1H3,(H,31,32);3,5-6,9-10,16,18-19,24H,4,7-8,11-15H2,1-2H3,(H,29,30);2*3-7,15,17-18,23H,8-14H2,1-2H3,(H,28,29). The normalized spacial score (nSPS) is 16.8. The number of carbonyl (C=O) groups excluding carboxylic acids is 11. The number of nitrogens with zero attached hydrogens (tertiary/aromatic N) is 11. The number of rotatable bonds is 58. The number of carbonyl (C=O) groups is 15. The van der Waals surface area contributed by atoms with E-state index in [1.54, 1.807) is 6.92 Å². The van der Waals surface area contributed by atoms with Gasteiger partial charge in [-0.25, -0.2) is 48.3 Å². The number of aliphatic carboxylic acids is 4. The molecule has 0 aromatic heterocycles. The first-order valence-electron chi connectivity index (χ1n) is 46.2. The Morgan fingerprint density at radius 1 is 0.352 bits per heavy atom. The molecular weight excluding hydrogens is 1940 g/mol. The van der Waals surface area contributed by atoms with E-state index in [0.29, 0.717) is 90.4 Å². The molecule has 0 spiro atoms. The van der Waals surface area contributed by atoms with Crippen molar-refractivity contribution >= 4 is 101 Å². The van der Waals surface area contributed by atoms with E-state index in [2.05, 4.69) is 40.6 Å². The maximum absolute atomic E-state index is 13.4. The van der Waals surface area contributed by atoms with Crippen molar-refractivity contribution < 1.29 is 156 Å². The summed E-state index contributed by atoms with van der Waals surface area (Å²) in [6.45, 7) is 4.96. The minimum Gasteiger partial charge on any atom is -0.480 e. The Bertz CT molecular complexity index is 4770. The van der Waals surface area contributed by atoms with Crippen molar-refractivity contribution in [2.45, 2.75) is 190 Å². The quantitative estimate of drug-likeness (QED) is 0.00886. The van der Waals surface area contributed by atoms with Gasteiger partial charge in [-0.3, -0.25) is 59.6 Å². The minimum atomic E-state index is -1.33. The molecule has 792 valence electrons. The van der Waals surface area contributed by atoms with Gasteiger partial charge >= 0.3 is 65.8 Å². The molecule has 0 saturated carbocycles. The van der Waals surface area contributed by atoms with Crippen LogP contribution in [0.1, 0.15) is 112 Å². The number of ether oxygens (including phenoxy) is 5. The van der Waals surface area contributed by atoms with Gasteiger partial charge in [0.15, 0.2) is 18.1 Å². The molecule has 10 amide bonds. The van der Waals surface area contributed by atoms with Crippen molar-refractivity contribution in [1.82, 2.24) is 55.6 Å². The number of hydrogen-bond acceptors (Lipinski definition) is 37. The second kappa shape index (κ2) is 62.5. The molecule has 12 atom stereocenters. The van der Waals surface area contributed by atoms with Gasteiger partial charge in [-0.1, -0.05) is 146 Å². The van der Waals surface area contributed by atoms with Crippen LogP contribution >= 0.6 is 11.8 Å². The van der Waals surface area contributed by atoms with Crippen LogP contribution in [0.5, 0.6) is 0 Å². The zero-order valence-electron chi connectivity index (χ0n) is 81.0. The van der Waals surface area contributed by atoms with E-state index in [1.165, 1.54) is 58.6 Å². The number of unbranched alkanes of at least 4 members (excludes halogenated alkanes) is 2. The molecule has 0 bridgehead atoms. The van der Waals surface area contributed by atoms with Crippen LogP contribution in [0.25, 0.3) is 0 Å². The number of fused-ring (bicyclic) bond motifs is 1. The molecule has 5 aromatic carbocycles. The van der Waals surface area contributed by atoms with E-state index in [-0.39, 0.29) is 112 Å². The number of amides is 10. The Kier molecular flexibility index (Phi) is 51.2. The highest BCUT2D eigenvalue weighted by Gasteiger charge is 2.49. The SMILES string of the molecule is CC(NC(CCc1ccccc1)C(=O)OCCCCCO[N+](=O)[O-])C(=O)N1C(=O)N(C)CC1C(=O)O.CC(NC(CCc1ccccc1)C(=O)OCCCO[N+](=O)[O-])C(=O)N1Cc2ccccc2CC1C(=O)O.CC(NC(CCc1ccccc1)C(=O)OCCOCCO[N+](=O)[O-])C(=O)N1C(=O)N(C)CC1C(=O)O.CC(NC(CCc1ccccc1)C(=O)OCCSCCO[N+](=O)[O-])C(=O)N1C(=O)N(C)CC1C(=O)O. The first-order valence-corrected chi connectivity index (χ1v) is 47.4. The van der Waals surface area contributed by atoms with Crippen LogP contribution in [0.15, 0.2) is 146 Å². The molecule has 5 aromatic rings. The van der Waals surface area contributed by atoms with Gasteiger partial charge in [-0.2, -0.15) is 11.8 Å². The number of benzene rings is 5. The number of aryl methyl sites for hydroxylation is 4. The summed E-state index contributed by atoms with van der Waals surface area (Å²) < 4.78 is 26.3. The van der Waals surface area contributed by atoms with Crippen molar-refractivity contribution in [3.05, 3.63) is 219 Å². The van der Waals surface area contributed by atoms with Crippen molar-refractivity contribution in [2.24, 2.45) is 0 Å². The summed E-state index contributed by atoms with van der Waals surface area (Å²) in [6, 6.07) is 30.3. The maximum atomic E-state index is 13.4. The summed E-state index contributed by atoms with van der Waals surface area (Å²) >= 11 is 1.31. The molecule has 145 heavy (non-hydrogen) atoms. The van der Waals surface area contributed by atoms with Gasteiger partial charge < -0.3 is 83.1 Å². The van der Waals surface area contributed by atoms with Crippen LogP contribution in [0.3, 0.4) is 0 Å². The van der Waals surface area contributed by atoms with Crippen molar-refractivity contribution in [1.29, 1.82) is 0 Å². The van der Waals surface area contributed by atoms with E-state index in [1.807, 2.05) is 146 Å². The highest BCUT2D eigenvalue weighted by atomic mass is 32.2. The fraction of sp³-hybridized carbons (Fsp3) is 0.516. The molecule has 3 fully saturated rings. The Balaban J connectivity index is 0.000000296. The van der Waals surface area contributed by atoms with Crippen LogP contribution in [0, 0.1) is 40.5 Å². The van der Waals surface area contributed by atoms with Gasteiger partial charge in [0, 0.05) is 52.0 Å². The topological polar surface area (TPSA) is 663 Å². The van der Waals surface area contributed by atoms with Gasteiger partial charge in [-0.05, 0) is 132 Å². The van der Waals surface area contributed by atoms with Gasteiger partial charge in [0.25, 0.3) is 20.3 Å². The average molecular weight is 2060 g/mol. The molecule has 12 unspecified atom stereocenters. The number of likely N-dealkylation sites (N-methyl/N-ethyl adjacent to an activating group) is 3. The van der Waals surface area contributed by atoms with E-state index in [0.717, 1.165) is 48.1 Å². The molecule has 3 saturated heterocycles. The van der Waals surface area contributed by atoms with E-state index < -0.39 is 182 Å². The second-order valence-corrected chi connectivity index (χ2v) is 34.6. The van der Waals surface area contributed by atoms with Gasteiger partial charge in [0.1, 0.15) is 56.6 Å². The number of esters is 4. The van der Waals surface area contributed by atoms with Crippen LogP contribution in [0.2, 0.25) is 0 Å². The number of hydrogen-bond donors (Lipinski definition) is 8. The first-order chi connectivity index (χ1) is 69.1. The molecule has 4 aliphatic rings. The van der Waals surface area contributed by atoms with Crippen LogP contribution in [-0.2, 0) is 139 Å². The van der Waals surface area contributed by atoms with Gasteiger partial charge in [0.05, 0.1) is 83.4 Å². The lowest BCUT2D eigenvalue weighted by atomic mass is 9.93. The molecule has 0 radical (unpaired) electrons. The molecule has 52 heteroatoms. The second-order valence-electron chi connectivity index (χ2n) is 33.4. The maximum Gasteiger partial charge on any atom is 0.328 e. The summed E-state index contributed by atoms with van der Waals surface area (Å²) in [5.41, 5.74) is 5.68. The Hall–Kier alpha value is -14.9. The summed E-state index contributed by atoms with van der Waals surface area (Å²) in [4.78, 5) is 252. The molecule has 4 aliphatic heterocycles. The molecule has 8 N–H and O–H groups in total. The lowest BCUT2D eigenvalue weighted by Crippen LogP contribution is -2.56. The minimum absolute atomic E-state index is 0.0262. The number of imide groups is 3. The number of thioether (sulfide) groups is 1. The fourth-order valence-electron chi connectivity index (χ4n) is 15.2. The van der Waals surface area contributed by atoms with Gasteiger partial charge in [0.2, 0.25) is 23.6 Å². The van der Waals surface area contributed by atoms with Gasteiger partial charge in [-0.15, -0.1) is 40.5 Å². The van der Waals surface area contributed by atoms with Crippen LogP contribution in [0.4, 0.5) is 14.4 Å². The lowest BCUT2D eigenvalue weighted by molar-refractivity contribution is -0.758. The van der Waals surface area contributed by atoms with Crippen LogP contribution < -0.4 is 21.3 Å². The van der Waals surface area contributed by atoms with Crippen molar-refractivity contribution in [3.63, 3.8) is 0 Å². The Morgan fingerprint density at radius 2 is 0.634 bits per heavy atom. The third-order valence-corrected chi connectivity index (χ3v) is 23.6. The average Bonchev–Trinajstić information content (AvgIpc) is 1.64. The first kappa shape index (κ1) is 119. The molecule has 51 nitrogen and oxygen atoms in total. The fourth-order valence-corrected chi connectivity index (χ4v) is 15.8. The summed E-state index contributed by atoms with van der Waals surface area (Å²) in [5, 5.41) is 86.8. The number of nitrogens with one attached hydrogen (secondary N) is 4. The Labute approximate surface area is 836 Å². The summed E-state index contributed by atoms with van der Waals surface area (Å²) in [6.07, 6.45) is 5.01. The smallest absolute Gasteiger partial charge is 0.328 e.